The van der Waals surface area contributed by atoms with E-state index >= 15 is 0 Å². The van der Waals surface area contributed by atoms with Crippen LogP contribution in [0.15, 0.2) is 24.5 Å². The van der Waals surface area contributed by atoms with Crippen LogP contribution in [0, 0.1) is 0 Å². The highest BCUT2D eigenvalue weighted by molar-refractivity contribution is 7.87. The molecule has 1 aromatic heterocycles. The summed E-state index contributed by atoms with van der Waals surface area (Å²) >= 11 is 0. The van der Waals surface area contributed by atoms with Crippen LogP contribution >= 0.6 is 0 Å². The molecule has 0 radical (unpaired) electrons. The molecule has 1 heterocycles. The number of hydrogen-bond donors (Lipinski definition) is 0. The van der Waals surface area contributed by atoms with Crippen molar-refractivity contribution >= 4 is 10.1 Å². The predicted octanol–water partition coefficient (Wildman–Crippen LogP) is 1.45. The standard InChI is InChI=1S/C7H6F3NO3S/c8-7(9,10)15(12,13)14-5-6-2-1-3-11-4-6/h1-4H,5H2. The van der Waals surface area contributed by atoms with Crippen molar-refractivity contribution in [2.45, 2.75) is 12.1 Å². The molecule has 0 atom stereocenters. The van der Waals surface area contributed by atoms with Crippen LogP contribution < -0.4 is 0 Å². The molecule has 0 saturated carbocycles. The van der Waals surface area contributed by atoms with E-state index in [1.165, 1.54) is 24.5 Å². The van der Waals surface area contributed by atoms with E-state index < -0.39 is 22.2 Å². The van der Waals surface area contributed by atoms with E-state index in [2.05, 4.69) is 9.17 Å². The Hall–Kier alpha value is -1.15. The molecule has 0 aliphatic heterocycles. The number of halogens is 3. The topological polar surface area (TPSA) is 56.3 Å². The summed E-state index contributed by atoms with van der Waals surface area (Å²) in [6.45, 7) is -0.685. The van der Waals surface area contributed by atoms with Crippen molar-refractivity contribution in [3.05, 3.63) is 30.1 Å². The molecule has 8 heteroatoms. The largest absolute Gasteiger partial charge is 0.523 e. The van der Waals surface area contributed by atoms with Crippen molar-refractivity contribution < 1.29 is 25.8 Å². The minimum Gasteiger partial charge on any atom is -0.264 e. The first-order chi connectivity index (χ1) is 6.83. The zero-order chi connectivity index (χ0) is 11.5. The van der Waals surface area contributed by atoms with Crippen LogP contribution in [0.3, 0.4) is 0 Å². The molecule has 15 heavy (non-hydrogen) atoms. The second-order valence-corrected chi connectivity index (χ2v) is 4.13. The number of alkyl halides is 3. The lowest BCUT2D eigenvalue weighted by molar-refractivity contribution is -0.0547. The third-order valence-electron chi connectivity index (χ3n) is 1.39. The van der Waals surface area contributed by atoms with Gasteiger partial charge in [0, 0.05) is 12.4 Å². The molecule has 4 nitrogen and oxygen atoms in total. The van der Waals surface area contributed by atoms with Crippen LogP contribution in [0.5, 0.6) is 0 Å². The molecule has 0 amide bonds. The van der Waals surface area contributed by atoms with Gasteiger partial charge in [-0.15, -0.1) is 0 Å². The average molecular weight is 241 g/mol. The van der Waals surface area contributed by atoms with Crippen molar-refractivity contribution in [3.8, 4) is 0 Å². The molecule has 1 rings (SSSR count). The molecular formula is C7H6F3NO3S. The summed E-state index contributed by atoms with van der Waals surface area (Å²) in [6.07, 6.45) is 2.62. The summed E-state index contributed by atoms with van der Waals surface area (Å²) in [4.78, 5) is 3.59. The van der Waals surface area contributed by atoms with Crippen LogP contribution in [0.2, 0.25) is 0 Å². The number of nitrogens with zero attached hydrogens (tertiary/aromatic N) is 1. The van der Waals surface area contributed by atoms with E-state index in [1.807, 2.05) is 0 Å². The van der Waals surface area contributed by atoms with Gasteiger partial charge >= 0.3 is 15.6 Å². The highest BCUT2D eigenvalue weighted by atomic mass is 32.2. The summed E-state index contributed by atoms with van der Waals surface area (Å²) in [5.41, 5.74) is -5.15. The lowest BCUT2D eigenvalue weighted by atomic mass is 10.3. The summed E-state index contributed by atoms with van der Waals surface area (Å²) in [5.74, 6) is 0. The average Bonchev–Trinajstić information content (AvgIpc) is 2.15. The number of rotatable bonds is 3. The normalized spacial score (nSPS) is 12.7. The Labute approximate surface area is 83.8 Å². The molecule has 0 fully saturated rings. The zero-order valence-corrected chi connectivity index (χ0v) is 8.05. The number of pyridine rings is 1. The van der Waals surface area contributed by atoms with Gasteiger partial charge in [0.05, 0.1) is 6.61 Å². The molecule has 0 aliphatic carbocycles. The molecule has 1 aromatic rings. The molecule has 84 valence electrons. The smallest absolute Gasteiger partial charge is 0.264 e. The van der Waals surface area contributed by atoms with Gasteiger partial charge in [0.15, 0.2) is 0 Å². The minimum absolute atomic E-state index is 0.241. The van der Waals surface area contributed by atoms with Crippen molar-refractivity contribution in [3.63, 3.8) is 0 Å². The third kappa shape index (κ3) is 3.17. The molecule has 0 unspecified atom stereocenters. The van der Waals surface area contributed by atoms with Crippen LogP contribution in [-0.2, 0) is 20.9 Å². The molecule has 0 spiro atoms. The SMILES string of the molecule is O=S(=O)(OCc1cccnc1)C(F)(F)F. The Morgan fingerprint density at radius 1 is 1.40 bits per heavy atom. The van der Waals surface area contributed by atoms with Crippen molar-refractivity contribution in [1.29, 1.82) is 0 Å². The van der Waals surface area contributed by atoms with Gasteiger partial charge in [-0.05, 0) is 11.6 Å². The first-order valence-electron chi connectivity index (χ1n) is 3.67. The summed E-state index contributed by atoms with van der Waals surface area (Å²) in [5, 5.41) is 0. The first-order valence-corrected chi connectivity index (χ1v) is 5.08. The van der Waals surface area contributed by atoms with E-state index in [0.29, 0.717) is 0 Å². The Morgan fingerprint density at radius 2 is 2.07 bits per heavy atom. The monoisotopic (exact) mass is 241 g/mol. The predicted molar refractivity (Wildman–Crippen MR) is 44.0 cm³/mol. The quantitative estimate of drug-likeness (QED) is 0.593. The Bertz CT molecular complexity index is 415. The van der Waals surface area contributed by atoms with Gasteiger partial charge in [-0.1, -0.05) is 6.07 Å². The van der Waals surface area contributed by atoms with E-state index in [4.69, 9.17) is 0 Å². The lowest BCUT2D eigenvalue weighted by Gasteiger charge is -2.07. The Morgan fingerprint density at radius 3 is 2.53 bits per heavy atom. The second-order valence-electron chi connectivity index (χ2n) is 2.52. The highest BCUT2D eigenvalue weighted by Crippen LogP contribution is 2.25. The van der Waals surface area contributed by atoms with Gasteiger partial charge in [-0.3, -0.25) is 9.17 Å². The fraction of sp³-hybridized carbons (Fsp3) is 0.286. The van der Waals surface area contributed by atoms with Crippen LogP contribution in [-0.4, -0.2) is 18.9 Å². The maximum atomic E-state index is 11.8. The molecule has 0 saturated heterocycles. The zero-order valence-electron chi connectivity index (χ0n) is 7.23. The Balaban J connectivity index is 2.67. The fourth-order valence-corrected chi connectivity index (χ4v) is 1.12. The highest BCUT2D eigenvalue weighted by Gasteiger charge is 2.47. The fourth-order valence-electron chi connectivity index (χ4n) is 0.696. The maximum Gasteiger partial charge on any atom is 0.523 e. The summed E-state index contributed by atoms with van der Waals surface area (Å²) in [6, 6.07) is 2.86. The van der Waals surface area contributed by atoms with E-state index in [1.54, 1.807) is 0 Å². The van der Waals surface area contributed by atoms with Crippen molar-refractivity contribution in [2.75, 3.05) is 0 Å². The van der Waals surface area contributed by atoms with Gasteiger partial charge < -0.3 is 0 Å². The van der Waals surface area contributed by atoms with Gasteiger partial charge in [-0.25, -0.2) is 0 Å². The summed E-state index contributed by atoms with van der Waals surface area (Å²) in [7, 11) is -5.52. The van der Waals surface area contributed by atoms with Crippen molar-refractivity contribution in [1.82, 2.24) is 4.98 Å². The van der Waals surface area contributed by atoms with Crippen LogP contribution in [0.1, 0.15) is 5.56 Å². The molecule has 0 aromatic carbocycles. The van der Waals surface area contributed by atoms with Gasteiger partial charge in [-0.2, -0.15) is 21.6 Å². The Kier molecular flexibility index (Phi) is 3.30. The van der Waals surface area contributed by atoms with Crippen molar-refractivity contribution in [2.24, 2.45) is 0 Å². The molecule has 0 aliphatic rings. The molecule has 0 N–H and O–H groups in total. The van der Waals surface area contributed by atoms with Crippen LogP contribution in [0.25, 0.3) is 0 Å². The third-order valence-corrected chi connectivity index (χ3v) is 2.38. The van der Waals surface area contributed by atoms with E-state index in [-0.39, 0.29) is 5.56 Å². The second kappa shape index (κ2) is 4.15. The van der Waals surface area contributed by atoms with Gasteiger partial charge in [0.2, 0.25) is 0 Å². The number of hydrogen-bond acceptors (Lipinski definition) is 4. The van der Waals surface area contributed by atoms with Gasteiger partial charge in [0.25, 0.3) is 0 Å². The minimum atomic E-state index is -5.52. The van der Waals surface area contributed by atoms with E-state index in [0.717, 1.165) is 0 Å². The maximum absolute atomic E-state index is 11.8. The molecule has 0 bridgehead atoms. The molecular weight excluding hydrogens is 235 g/mol. The number of aromatic nitrogens is 1. The first kappa shape index (κ1) is 11.9. The van der Waals surface area contributed by atoms with E-state index in [9.17, 15) is 21.6 Å². The summed E-state index contributed by atoms with van der Waals surface area (Å²) < 4.78 is 60.1. The lowest BCUT2D eigenvalue weighted by Crippen LogP contribution is -2.25. The van der Waals surface area contributed by atoms with Crippen LogP contribution in [0.4, 0.5) is 13.2 Å². The van der Waals surface area contributed by atoms with Gasteiger partial charge in [0.1, 0.15) is 0 Å².